The van der Waals surface area contributed by atoms with Crippen LogP contribution in [0.15, 0.2) is 83.8 Å². The fourth-order valence-electron chi connectivity index (χ4n) is 3.44. The maximum Gasteiger partial charge on any atom is 0.258 e. The van der Waals surface area contributed by atoms with Crippen molar-refractivity contribution in [3.63, 3.8) is 0 Å². The summed E-state index contributed by atoms with van der Waals surface area (Å²) >= 11 is 6.25. The van der Waals surface area contributed by atoms with Crippen LogP contribution in [0.1, 0.15) is 37.4 Å². The minimum Gasteiger partial charge on any atom is -0.482 e. The molecule has 0 spiro atoms. The topological polar surface area (TPSA) is 84.5 Å². The summed E-state index contributed by atoms with van der Waals surface area (Å²) in [6.07, 6.45) is 1.67. The van der Waals surface area contributed by atoms with Gasteiger partial charge in [0.2, 0.25) is 10.0 Å². The molecule has 0 radical (unpaired) electrons. The van der Waals surface area contributed by atoms with E-state index in [2.05, 4.69) is 22.2 Å². The molecular weight excluding hydrogens is 472 g/mol. The van der Waals surface area contributed by atoms with Gasteiger partial charge >= 0.3 is 0 Å². The Hall–Kier alpha value is -2.87. The molecule has 0 bridgehead atoms. The third-order valence-corrected chi connectivity index (χ3v) is 7.15. The molecule has 2 atom stereocenters. The molecule has 0 unspecified atom stereocenters. The third-order valence-electron chi connectivity index (χ3n) is 5.32. The van der Waals surface area contributed by atoms with Crippen LogP contribution in [0.25, 0.3) is 0 Å². The Kier molecular flexibility index (Phi) is 9.10. The first-order valence-electron chi connectivity index (χ1n) is 11.1. The highest BCUT2D eigenvalue weighted by molar-refractivity contribution is 7.89. The van der Waals surface area contributed by atoms with E-state index in [9.17, 15) is 13.2 Å². The van der Waals surface area contributed by atoms with Gasteiger partial charge in [0.25, 0.3) is 5.91 Å². The lowest BCUT2D eigenvalue weighted by Gasteiger charge is -2.16. The van der Waals surface area contributed by atoms with E-state index < -0.39 is 16.1 Å². The fraction of sp³-hybridized carbons (Fsp3) is 0.269. The van der Waals surface area contributed by atoms with Crippen LogP contribution in [0.2, 0.25) is 5.02 Å². The number of benzene rings is 3. The van der Waals surface area contributed by atoms with Crippen LogP contribution in [-0.4, -0.2) is 27.0 Å². The maximum atomic E-state index is 12.8. The van der Waals surface area contributed by atoms with Crippen LogP contribution in [0.5, 0.6) is 5.75 Å². The van der Waals surface area contributed by atoms with Crippen LogP contribution in [0.3, 0.4) is 0 Å². The van der Waals surface area contributed by atoms with Crippen molar-refractivity contribution in [3.05, 3.63) is 95.0 Å². The fourth-order valence-corrected chi connectivity index (χ4v) is 4.99. The van der Waals surface area contributed by atoms with Crippen molar-refractivity contribution < 1.29 is 17.9 Å². The van der Waals surface area contributed by atoms with Gasteiger partial charge in [-0.15, -0.1) is 0 Å². The summed E-state index contributed by atoms with van der Waals surface area (Å²) in [6, 6.07) is 23.1. The highest BCUT2D eigenvalue weighted by atomic mass is 35.5. The van der Waals surface area contributed by atoms with Crippen molar-refractivity contribution in [2.75, 3.05) is 6.61 Å². The van der Waals surface area contributed by atoms with Gasteiger partial charge in [-0.3, -0.25) is 4.79 Å². The van der Waals surface area contributed by atoms with Gasteiger partial charge in [0.05, 0.1) is 9.92 Å². The number of halogens is 1. The highest BCUT2D eigenvalue weighted by Crippen LogP contribution is 2.28. The molecule has 0 fully saturated rings. The van der Waals surface area contributed by atoms with Crippen molar-refractivity contribution in [2.45, 2.75) is 43.7 Å². The molecule has 8 heteroatoms. The normalized spacial score (nSPS) is 13.1. The molecule has 3 rings (SSSR count). The zero-order chi connectivity index (χ0) is 24.6. The van der Waals surface area contributed by atoms with Crippen LogP contribution in [-0.2, 0) is 21.2 Å². The second-order valence-corrected chi connectivity index (χ2v) is 10.2. The van der Waals surface area contributed by atoms with Crippen molar-refractivity contribution in [1.82, 2.24) is 10.0 Å². The molecule has 0 aliphatic carbocycles. The summed E-state index contributed by atoms with van der Waals surface area (Å²) in [5.41, 5.74) is 2.07. The number of rotatable bonds is 11. The molecule has 180 valence electrons. The summed E-state index contributed by atoms with van der Waals surface area (Å²) in [6.45, 7) is 3.49. The van der Waals surface area contributed by atoms with Gasteiger partial charge in [-0.05, 0) is 56.0 Å². The third kappa shape index (κ3) is 7.58. The van der Waals surface area contributed by atoms with Crippen molar-refractivity contribution in [3.8, 4) is 5.75 Å². The SMILES string of the molecule is C[C@H](CCc1ccccc1)NC(=O)COc1ccc(S(=O)(=O)N[C@H](C)c2ccccc2)cc1Cl. The van der Waals surface area contributed by atoms with E-state index in [1.165, 1.54) is 23.8 Å². The average molecular weight is 501 g/mol. The van der Waals surface area contributed by atoms with Crippen molar-refractivity contribution in [2.24, 2.45) is 0 Å². The number of ether oxygens (including phenoxy) is 1. The maximum absolute atomic E-state index is 12.8. The Balaban J connectivity index is 1.51. The van der Waals surface area contributed by atoms with Crippen molar-refractivity contribution in [1.29, 1.82) is 0 Å². The number of carbonyl (C=O) groups excluding carboxylic acids is 1. The number of aryl methyl sites for hydroxylation is 1. The molecule has 1 amide bonds. The van der Waals surface area contributed by atoms with Gasteiger partial charge in [0, 0.05) is 12.1 Å². The number of amides is 1. The van der Waals surface area contributed by atoms with E-state index >= 15 is 0 Å². The largest absolute Gasteiger partial charge is 0.482 e. The molecule has 6 nitrogen and oxygen atoms in total. The molecule has 0 saturated heterocycles. The standard InChI is InChI=1S/C26H29ClN2O4S/c1-19(13-14-21-9-5-3-6-10-21)28-26(30)18-33-25-16-15-23(17-24(25)27)34(31,32)29-20(2)22-11-7-4-8-12-22/h3-12,15-17,19-20,29H,13-14,18H2,1-2H3,(H,28,30)/t19-,20-/m1/s1. The van der Waals surface area contributed by atoms with Gasteiger partial charge in [0.15, 0.2) is 6.61 Å². The van der Waals surface area contributed by atoms with Gasteiger partial charge < -0.3 is 10.1 Å². The minimum absolute atomic E-state index is 0.0167. The zero-order valence-corrected chi connectivity index (χ0v) is 20.8. The first kappa shape index (κ1) is 25.7. The minimum atomic E-state index is -3.79. The number of nitrogens with one attached hydrogen (secondary N) is 2. The molecule has 2 N–H and O–H groups in total. The Labute approximate surface area is 206 Å². The summed E-state index contributed by atoms with van der Waals surface area (Å²) in [5.74, 6) is -0.0320. The summed E-state index contributed by atoms with van der Waals surface area (Å²) in [4.78, 5) is 12.3. The van der Waals surface area contributed by atoms with Crippen molar-refractivity contribution >= 4 is 27.5 Å². The molecule has 3 aromatic carbocycles. The number of sulfonamides is 1. The number of carbonyl (C=O) groups is 1. The summed E-state index contributed by atoms with van der Waals surface area (Å²) in [7, 11) is -3.79. The lowest BCUT2D eigenvalue weighted by molar-refractivity contribution is -0.123. The van der Waals surface area contributed by atoms with Gasteiger partial charge in [-0.2, -0.15) is 0 Å². The highest BCUT2D eigenvalue weighted by Gasteiger charge is 2.20. The smallest absolute Gasteiger partial charge is 0.258 e. The quantitative estimate of drug-likeness (QED) is 0.392. The summed E-state index contributed by atoms with van der Waals surface area (Å²) < 4.78 is 33.7. The van der Waals surface area contributed by atoms with Crippen LogP contribution < -0.4 is 14.8 Å². The molecule has 34 heavy (non-hydrogen) atoms. The van der Waals surface area contributed by atoms with Crippen LogP contribution >= 0.6 is 11.6 Å². The Bertz CT molecular complexity index is 1190. The Morgan fingerprint density at radius 2 is 1.62 bits per heavy atom. The lowest BCUT2D eigenvalue weighted by atomic mass is 10.1. The first-order valence-corrected chi connectivity index (χ1v) is 12.9. The lowest BCUT2D eigenvalue weighted by Crippen LogP contribution is -2.36. The van der Waals surface area contributed by atoms with Gasteiger partial charge in [-0.1, -0.05) is 72.3 Å². The molecule has 0 aliphatic rings. The van der Waals surface area contributed by atoms with Crippen LogP contribution in [0.4, 0.5) is 0 Å². The van der Waals surface area contributed by atoms with Gasteiger partial charge in [-0.25, -0.2) is 13.1 Å². The molecule has 0 aliphatic heterocycles. The monoisotopic (exact) mass is 500 g/mol. The van der Waals surface area contributed by atoms with E-state index in [0.717, 1.165) is 18.4 Å². The molecule has 0 heterocycles. The molecular formula is C26H29ClN2O4S. The summed E-state index contributed by atoms with van der Waals surface area (Å²) in [5, 5.41) is 3.01. The first-order chi connectivity index (χ1) is 16.2. The average Bonchev–Trinajstić information content (AvgIpc) is 2.83. The Morgan fingerprint density at radius 1 is 0.971 bits per heavy atom. The van der Waals surface area contributed by atoms with E-state index in [0.29, 0.717) is 0 Å². The van der Waals surface area contributed by atoms with E-state index in [4.69, 9.17) is 16.3 Å². The second-order valence-electron chi connectivity index (χ2n) is 8.13. The predicted molar refractivity (Wildman–Crippen MR) is 134 cm³/mol. The molecule has 0 aromatic heterocycles. The zero-order valence-electron chi connectivity index (χ0n) is 19.2. The van der Waals surface area contributed by atoms with E-state index in [1.807, 2.05) is 55.5 Å². The molecule has 3 aromatic rings. The van der Waals surface area contributed by atoms with Gasteiger partial charge in [0.1, 0.15) is 5.75 Å². The number of hydrogen-bond acceptors (Lipinski definition) is 4. The van der Waals surface area contributed by atoms with E-state index in [-0.39, 0.29) is 34.2 Å². The second kappa shape index (κ2) is 12.0. The van der Waals surface area contributed by atoms with E-state index in [1.54, 1.807) is 6.92 Å². The molecule has 0 saturated carbocycles. The number of hydrogen-bond donors (Lipinski definition) is 2. The van der Waals surface area contributed by atoms with Crippen LogP contribution in [0, 0.1) is 0 Å². The predicted octanol–water partition coefficient (Wildman–Crippen LogP) is 4.90. The Morgan fingerprint density at radius 3 is 2.26 bits per heavy atom.